The Morgan fingerprint density at radius 2 is 2.14 bits per heavy atom. The molecule has 148 valence electrons. The fourth-order valence-corrected chi connectivity index (χ4v) is 5.11. The van der Waals surface area contributed by atoms with Crippen molar-refractivity contribution in [2.45, 2.75) is 36.8 Å². The largest absolute Gasteiger partial charge is 0.444 e. The molecule has 3 aromatic rings. The second-order valence-corrected chi connectivity index (χ2v) is 8.81. The highest BCUT2D eigenvalue weighted by atomic mass is 32.2. The van der Waals surface area contributed by atoms with E-state index in [0.29, 0.717) is 31.0 Å². The van der Waals surface area contributed by atoms with Gasteiger partial charge in [-0.3, -0.25) is 0 Å². The number of piperidine rings is 1. The van der Waals surface area contributed by atoms with Gasteiger partial charge in [0.25, 0.3) is 10.0 Å². The van der Waals surface area contributed by atoms with Crippen LogP contribution in [-0.4, -0.2) is 33.8 Å². The van der Waals surface area contributed by atoms with Crippen LogP contribution in [-0.2, 0) is 23.5 Å². The van der Waals surface area contributed by atoms with E-state index in [0.717, 1.165) is 18.4 Å². The van der Waals surface area contributed by atoms with Crippen molar-refractivity contribution in [1.29, 1.82) is 0 Å². The molecule has 1 atom stereocenters. The number of sulfonamides is 1. The molecule has 9 heteroatoms. The van der Waals surface area contributed by atoms with Crippen molar-refractivity contribution < 1.29 is 17.2 Å². The Labute approximate surface area is 162 Å². The lowest BCUT2D eigenvalue weighted by Gasteiger charge is -2.31. The quantitative estimate of drug-likeness (QED) is 0.653. The van der Waals surface area contributed by atoms with Crippen molar-refractivity contribution in [1.82, 2.24) is 18.8 Å². The highest BCUT2D eigenvalue weighted by Crippen LogP contribution is 2.35. The third-order valence-corrected chi connectivity index (χ3v) is 6.63. The van der Waals surface area contributed by atoms with E-state index >= 15 is 0 Å². The lowest BCUT2D eigenvalue weighted by atomic mass is 10.1. The second-order valence-electron chi connectivity index (χ2n) is 6.98. The average molecular weight is 404 g/mol. The maximum absolute atomic E-state index is 13.4. The fourth-order valence-electron chi connectivity index (χ4n) is 3.49. The van der Waals surface area contributed by atoms with Crippen LogP contribution < -0.4 is 0 Å². The molecule has 1 saturated heterocycles. The Morgan fingerprint density at radius 1 is 1.29 bits per heavy atom. The van der Waals surface area contributed by atoms with Crippen LogP contribution in [0.4, 0.5) is 4.39 Å². The van der Waals surface area contributed by atoms with Gasteiger partial charge in [0.05, 0.1) is 12.5 Å². The highest BCUT2D eigenvalue weighted by Gasteiger charge is 2.38. The molecular formula is C19H21FN4O3S. The first-order valence-corrected chi connectivity index (χ1v) is 10.6. The number of hydrogen-bond donors (Lipinski definition) is 0. The number of hydrogen-bond acceptors (Lipinski definition) is 5. The fraction of sp³-hybridized carbons (Fsp3) is 0.368. The first kappa shape index (κ1) is 18.8. The first-order valence-electron chi connectivity index (χ1n) is 9.12. The molecule has 1 aliphatic rings. The summed E-state index contributed by atoms with van der Waals surface area (Å²) in [5, 5.41) is 0.0217. The van der Waals surface area contributed by atoms with Crippen molar-refractivity contribution >= 4 is 10.0 Å². The molecular weight excluding hydrogens is 383 g/mol. The van der Waals surface area contributed by atoms with Crippen LogP contribution in [0.1, 0.15) is 42.5 Å². The number of aryl methyl sites for hydroxylation is 1. The van der Waals surface area contributed by atoms with Gasteiger partial charge in [0.15, 0.2) is 5.03 Å². The Hall–Kier alpha value is -2.52. The summed E-state index contributed by atoms with van der Waals surface area (Å²) in [5.74, 6) is 0.629. The summed E-state index contributed by atoms with van der Waals surface area (Å²) < 4.78 is 48.4. The van der Waals surface area contributed by atoms with E-state index in [1.165, 1.54) is 29.0 Å². The molecule has 0 bridgehead atoms. The Bertz CT molecular complexity index is 1080. The molecule has 3 heterocycles. The van der Waals surface area contributed by atoms with E-state index in [1.807, 2.05) is 6.07 Å². The van der Waals surface area contributed by atoms with E-state index in [-0.39, 0.29) is 10.8 Å². The summed E-state index contributed by atoms with van der Waals surface area (Å²) >= 11 is 0. The molecule has 0 radical (unpaired) electrons. The molecule has 7 nitrogen and oxygen atoms in total. The van der Waals surface area contributed by atoms with Gasteiger partial charge in [-0.2, -0.15) is 4.31 Å². The van der Waals surface area contributed by atoms with Crippen molar-refractivity contribution in [3.05, 3.63) is 66.0 Å². The minimum atomic E-state index is -3.74. The van der Waals surface area contributed by atoms with E-state index in [1.54, 1.807) is 23.9 Å². The van der Waals surface area contributed by atoms with Crippen LogP contribution in [0.15, 0.2) is 52.4 Å². The predicted octanol–water partition coefficient (Wildman–Crippen LogP) is 3.05. The van der Waals surface area contributed by atoms with Crippen molar-refractivity contribution in [2.75, 3.05) is 6.54 Å². The number of benzene rings is 1. The number of imidazole rings is 1. The third-order valence-electron chi connectivity index (χ3n) is 4.83. The van der Waals surface area contributed by atoms with Crippen molar-refractivity contribution in [2.24, 2.45) is 7.05 Å². The Balaban J connectivity index is 1.59. The molecule has 2 aromatic heterocycles. The van der Waals surface area contributed by atoms with Gasteiger partial charge in [0.2, 0.25) is 5.89 Å². The highest BCUT2D eigenvalue weighted by molar-refractivity contribution is 7.89. The van der Waals surface area contributed by atoms with Crippen LogP contribution >= 0.6 is 0 Å². The number of rotatable bonds is 5. The molecule has 28 heavy (non-hydrogen) atoms. The van der Waals surface area contributed by atoms with Crippen molar-refractivity contribution in [3.63, 3.8) is 0 Å². The van der Waals surface area contributed by atoms with Gasteiger partial charge in [-0.05, 0) is 30.5 Å². The predicted molar refractivity (Wildman–Crippen MR) is 99.4 cm³/mol. The van der Waals surface area contributed by atoms with E-state index in [4.69, 9.17) is 4.42 Å². The van der Waals surface area contributed by atoms with E-state index in [2.05, 4.69) is 9.97 Å². The molecule has 0 aliphatic carbocycles. The minimum Gasteiger partial charge on any atom is -0.444 e. The van der Waals surface area contributed by atoms with Crippen LogP contribution in [0.2, 0.25) is 0 Å². The molecule has 4 rings (SSSR count). The zero-order chi connectivity index (χ0) is 19.7. The normalized spacial score (nSPS) is 18.4. The Kier molecular flexibility index (Phi) is 5.03. The lowest BCUT2D eigenvalue weighted by molar-refractivity contribution is 0.216. The van der Waals surface area contributed by atoms with Gasteiger partial charge in [-0.15, -0.1) is 0 Å². The number of aromatic nitrogens is 3. The molecule has 1 aromatic carbocycles. The summed E-state index contributed by atoms with van der Waals surface area (Å²) in [7, 11) is -2.01. The molecule has 1 fully saturated rings. The van der Waals surface area contributed by atoms with E-state index < -0.39 is 16.1 Å². The molecule has 1 aliphatic heterocycles. The lowest BCUT2D eigenvalue weighted by Crippen LogP contribution is -2.38. The maximum Gasteiger partial charge on any atom is 0.262 e. The Morgan fingerprint density at radius 3 is 2.89 bits per heavy atom. The van der Waals surface area contributed by atoms with Gasteiger partial charge in [0.1, 0.15) is 17.6 Å². The minimum absolute atomic E-state index is 0.0217. The second kappa shape index (κ2) is 7.48. The molecule has 0 spiro atoms. The van der Waals surface area contributed by atoms with Crippen LogP contribution in [0.25, 0.3) is 0 Å². The van der Waals surface area contributed by atoms with Gasteiger partial charge in [-0.1, -0.05) is 18.6 Å². The van der Waals surface area contributed by atoms with Gasteiger partial charge in [-0.25, -0.2) is 22.8 Å². The third kappa shape index (κ3) is 3.72. The zero-order valence-corrected chi connectivity index (χ0v) is 16.3. The summed E-state index contributed by atoms with van der Waals surface area (Å²) in [6.45, 7) is 0.394. The summed E-state index contributed by atoms with van der Waals surface area (Å²) in [6.07, 6.45) is 7.23. The van der Waals surface area contributed by atoms with Gasteiger partial charge in [0, 0.05) is 26.2 Å². The van der Waals surface area contributed by atoms with Crippen molar-refractivity contribution in [3.8, 4) is 0 Å². The number of oxazole rings is 1. The van der Waals surface area contributed by atoms with Gasteiger partial charge < -0.3 is 8.98 Å². The summed E-state index contributed by atoms with van der Waals surface area (Å²) in [5.41, 5.74) is 0.768. The summed E-state index contributed by atoms with van der Waals surface area (Å²) in [4.78, 5) is 8.34. The van der Waals surface area contributed by atoms with E-state index in [9.17, 15) is 12.8 Å². The first-order chi connectivity index (χ1) is 13.4. The number of halogens is 1. The standard InChI is InChI=1S/C19H21FN4O3S/c1-23-12-18(22-13-23)28(25,26)24-8-3-2-7-17(24)19-21-11-16(27-19)10-14-5-4-6-15(20)9-14/h4-6,9,11-13,17H,2-3,7-8,10H2,1H3. The van der Waals surface area contributed by atoms with Crippen LogP contribution in [0.5, 0.6) is 0 Å². The molecule has 0 N–H and O–H groups in total. The van der Waals surface area contributed by atoms with Crippen LogP contribution in [0, 0.1) is 5.82 Å². The van der Waals surface area contributed by atoms with Crippen LogP contribution in [0.3, 0.4) is 0 Å². The SMILES string of the molecule is Cn1cnc(S(=O)(=O)N2CCCCC2c2ncc(Cc3cccc(F)c3)o2)c1. The average Bonchev–Trinajstić information content (AvgIpc) is 3.31. The molecule has 0 saturated carbocycles. The molecule has 1 unspecified atom stereocenters. The van der Waals surface area contributed by atoms with Gasteiger partial charge >= 0.3 is 0 Å². The number of nitrogens with zero attached hydrogens (tertiary/aromatic N) is 4. The zero-order valence-electron chi connectivity index (χ0n) is 15.5. The summed E-state index contributed by atoms with van der Waals surface area (Å²) in [6, 6.07) is 5.81. The topological polar surface area (TPSA) is 81.2 Å². The monoisotopic (exact) mass is 404 g/mol. The molecule has 0 amide bonds. The maximum atomic E-state index is 13.4. The smallest absolute Gasteiger partial charge is 0.262 e.